The number of hydrogen-bond donors (Lipinski definition) is 2. The van der Waals surface area contributed by atoms with Crippen LogP contribution in [0.15, 0.2) is 0 Å². The van der Waals surface area contributed by atoms with Crippen molar-refractivity contribution >= 4 is 24.7 Å². The Kier molecular flexibility index (Phi) is 8.80. The van der Waals surface area contributed by atoms with E-state index in [0.29, 0.717) is 6.29 Å². The van der Waals surface area contributed by atoms with Gasteiger partial charge in [0.25, 0.3) is 0 Å². The molecule has 0 aliphatic carbocycles. The Bertz CT molecular complexity index is 131. The molecule has 0 saturated carbocycles. The summed E-state index contributed by atoms with van der Waals surface area (Å²) < 4.78 is 0. The van der Waals surface area contributed by atoms with Crippen LogP contribution in [0.2, 0.25) is 0 Å². The molecule has 4 N–H and O–H groups in total. The standard InChI is InChI=1S/C5H10N2O3.ClH/c6-4(2-1-3-8)5(9)10-7;/h3-4H,1-2,6-7H2;1H. The molecule has 0 bridgehead atoms. The lowest BCUT2D eigenvalue weighted by atomic mass is 10.2. The predicted molar refractivity (Wildman–Crippen MR) is 40.8 cm³/mol. The van der Waals surface area contributed by atoms with Crippen LogP contribution in [0.4, 0.5) is 0 Å². The zero-order valence-corrected chi connectivity index (χ0v) is 6.67. The molecule has 0 aliphatic heterocycles. The van der Waals surface area contributed by atoms with Crippen LogP contribution in [0, 0.1) is 0 Å². The Morgan fingerprint density at radius 2 is 2.18 bits per heavy atom. The van der Waals surface area contributed by atoms with E-state index < -0.39 is 12.0 Å². The maximum Gasteiger partial charge on any atom is 0.341 e. The van der Waals surface area contributed by atoms with E-state index in [0.717, 1.165) is 0 Å². The molecule has 66 valence electrons. The predicted octanol–water partition coefficient (Wildman–Crippen LogP) is -0.869. The van der Waals surface area contributed by atoms with E-state index in [9.17, 15) is 9.59 Å². The van der Waals surface area contributed by atoms with Crippen molar-refractivity contribution in [3.8, 4) is 0 Å². The molecule has 0 saturated heterocycles. The highest BCUT2D eigenvalue weighted by molar-refractivity contribution is 5.85. The summed E-state index contributed by atoms with van der Waals surface area (Å²) in [5.74, 6) is 3.83. The maximum atomic E-state index is 10.4. The van der Waals surface area contributed by atoms with E-state index in [1.165, 1.54) is 0 Å². The van der Waals surface area contributed by atoms with E-state index >= 15 is 0 Å². The van der Waals surface area contributed by atoms with Gasteiger partial charge in [0.2, 0.25) is 0 Å². The van der Waals surface area contributed by atoms with Gasteiger partial charge in [-0.15, -0.1) is 12.4 Å². The van der Waals surface area contributed by atoms with Crippen molar-refractivity contribution in [2.75, 3.05) is 0 Å². The van der Waals surface area contributed by atoms with Crippen LogP contribution in [0.1, 0.15) is 12.8 Å². The molecule has 0 aromatic carbocycles. The zero-order valence-electron chi connectivity index (χ0n) is 5.86. The van der Waals surface area contributed by atoms with Gasteiger partial charge in [-0.2, -0.15) is 5.90 Å². The lowest BCUT2D eigenvalue weighted by Crippen LogP contribution is -2.33. The summed E-state index contributed by atoms with van der Waals surface area (Å²) in [7, 11) is 0. The highest BCUT2D eigenvalue weighted by atomic mass is 35.5. The van der Waals surface area contributed by atoms with Crippen molar-refractivity contribution < 1.29 is 14.4 Å². The number of rotatable bonds is 4. The van der Waals surface area contributed by atoms with Gasteiger partial charge in [-0.05, 0) is 6.42 Å². The lowest BCUT2D eigenvalue weighted by Gasteiger charge is -2.04. The Hall–Kier alpha value is -0.650. The summed E-state index contributed by atoms with van der Waals surface area (Å²) in [4.78, 5) is 24.0. The third kappa shape index (κ3) is 5.78. The van der Waals surface area contributed by atoms with Gasteiger partial charge >= 0.3 is 5.97 Å². The van der Waals surface area contributed by atoms with Gasteiger partial charge < -0.3 is 15.4 Å². The van der Waals surface area contributed by atoms with Crippen LogP contribution in [-0.2, 0) is 14.4 Å². The number of carbonyl (C=O) groups excluding carboxylic acids is 2. The molecule has 0 fully saturated rings. The number of aldehydes is 1. The normalized spacial score (nSPS) is 11.1. The first-order chi connectivity index (χ1) is 4.72. The van der Waals surface area contributed by atoms with Crippen molar-refractivity contribution in [3.05, 3.63) is 0 Å². The quantitative estimate of drug-likeness (QED) is 0.435. The van der Waals surface area contributed by atoms with Crippen LogP contribution in [0.5, 0.6) is 0 Å². The van der Waals surface area contributed by atoms with Crippen LogP contribution in [0.3, 0.4) is 0 Å². The summed E-state index contributed by atoms with van der Waals surface area (Å²) in [5, 5.41) is 0. The number of carbonyl (C=O) groups is 2. The maximum absolute atomic E-state index is 10.4. The topological polar surface area (TPSA) is 95.4 Å². The molecular formula is C5H11ClN2O3. The minimum absolute atomic E-state index is 0. The molecular weight excluding hydrogens is 172 g/mol. The van der Waals surface area contributed by atoms with E-state index in [1.54, 1.807) is 0 Å². The van der Waals surface area contributed by atoms with Gasteiger partial charge in [-0.3, -0.25) is 0 Å². The van der Waals surface area contributed by atoms with Crippen LogP contribution in [-0.4, -0.2) is 18.3 Å². The van der Waals surface area contributed by atoms with Crippen molar-refractivity contribution in [2.24, 2.45) is 11.6 Å². The summed E-state index contributed by atoms with van der Waals surface area (Å²) in [6.45, 7) is 0. The first kappa shape index (κ1) is 13.0. The van der Waals surface area contributed by atoms with Crippen molar-refractivity contribution in [1.82, 2.24) is 0 Å². The first-order valence-electron chi connectivity index (χ1n) is 2.82. The van der Waals surface area contributed by atoms with E-state index in [1.807, 2.05) is 0 Å². The van der Waals surface area contributed by atoms with Crippen molar-refractivity contribution in [1.29, 1.82) is 0 Å². The van der Waals surface area contributed by atoms with Crippen LogP contribution in [0.25, 0.3) is 0 Å². The molecule has 11 heavy (non-hydrogen) atoms. The molecule has 0 aliphatic rings. The molecule has 0 spiro atoms. The molecule has 0 amide bonds. The molecule has 0 aromatic heterocycles. The fourth-order valence-corrected chi connectivity index (χ4v) is 0.453. The van der Waals surface area contributed by atoms with E-state index in [4.69, 9.17) is 5.73 Å². The third-order valence-corrected chi connectivity index (χ3v) is 1.01. The molecule has 0 rings (SSSR count). The number of nitrogens with two attached hydrogens (primary N) is 2. The summed E-state index contributed by atoms with van der Waals surface area (Å²) >= 11 is 0. The number of hydrogen-bond acceptors (Lipinski definition) is 5. The van der Waals surface area contributed by atoms with Gasteiger partial charge in [-0.1, -0.05) is 0 Å². The Morgan fingerprint density at radius 1 is 1.64 bits per heavy atom. The molecule has 1 atom stereocenters. The number of halogens is 1. The molecule has 0 radical (unpaired) electrons. The second kappa shape index (κ2) is 7.46. The van der Waals surface area contributed by atoms with Gasteiger partial charge in [0.05, 0.1) is 0 Å². The second-order valence-corrected chi connectivity index (χ2v) is 1.79. The Morgan fingerprint density at radius 3 is 2.55 bits per heavy atom. The monoisotopic (exact) mass is 182 g/mol. The third-order valence-electron chi connectivity index (χ3n) is 1.01. The lowest BCUT2D eigenvalue weighted by molar-refractivity contribution is -0.145. The fourth-order valence-electron chi connectivity index (χ4n) is 0.453. The second-order valence-electron chi connectivity index (χ2n) is 1.79. The summed E-state index contributed by atoms with van der Waals surface area (Å²) in [6.07, 6.45) is 1.21. The molecule has 5 nitrogen and oxygen atoms in total. The first-order valence-corrected chi connectivity index (χ1v) is 2.82. The van der Waals surface area contributed by atoms with E-state index in [2.05, 4.69) is 10.7 Å². The molecule has 0 heterocycles. The summed E-state index contributed by atoms with van der Waals surface area (Å²) in [5.41, 5.74) is 5.20. The minimum atomic E-state index is -0.782. The van der Waals surface area contributed by atoms with Crippen molar-refractivity contribution in [2.45, 2.75) is 18.9 Å². The minimum Gasteiger partial charge on any atom is -0.372 e. The zero-order chi connectivity index (χ0) is 7.98. The average Bonchev–Trinajstić information content (AvgIpc) is 1.98. The molecule has 6 heteroatoms. The fraction of sp³-hybridized carbons (Fsp3) is 0.600. The SMILES string of the molecule is Cl.NOC(=O)C(N)CCC=O. The highest BCUT2D eigenvalue weighted by Crippen LogP contribution is 1.92. The Balaban J connectivity index is 0. The largest absolute Gasteiger partial charge is 0.372 e. The average molecular weight is 183 g/mol. The van der Waals surface area contributed by atoms with Gasteiger partial charge in [0, 0.05) is 6.42 Å². The highest BCUT2D eigenvalue weighted by Gasteiger charge is 2.12. The van der Waals surface area contributed by atoms with Crippen LogP contribution < -0.4 is 11.6 Å². The van der Waals surface area contributed by atoms with Gasteiger partial charge in [0.15, 0.2) is 0 Å². The van der Waals surface area contributed by atoms with Crippen molar-refractivity contribution in [3.63, 3.8) is 0 Å². The summed E-state index contributed by atoms with van der Waals surface area (Å²) in [6, 6.07) is -0.782. The molecule has 1 unspecified atom stereocenters. The van der Waals surface area contributed by atoms with Crippen LogP contribution >= 0.6 is 12.4 Å². The Labute approximate surface area is 70.4 Å². The smallest absolute Gasteiger partial charge is 0.341 e. The van der Waals surface area contributed by atoms with Gasteiger partial charge in [0.1, 0.15) is 12.3 Å². The van der Waals surface area contributed by atoms with E-state index in [-0.39, 0.29) is 25.2 Å². The molecule has 0 aromatic rings. The van der Waals surface area contributed by atoms with Gasteiger partial charge in [-0.25, -0.2) is 4.79 Å².